The lowest BCUT2D eigenvalue weighted by Crippen LogP contribution is -2.16. The van der Waals surface area contributed by atoms with Crippen LogP contribution < -0.4 is 5.32 Å². The maximum atomic E-state index is 13.6. The van der Waals surface area contributed by atoms with Crippen LogP contribution in [0.3, 0.4) is 0 Å². The van der Waals surface area contributed by atoms with E-state index in [9.17, 15) is 18.0 Å². The molecule has 0 aliphatic heterocycles. The molecule has 0 fully saturated rings. The summed E-state index contributed by atoms with van der Waals surface area (Å²) >= 11 is 6.99. The van der Waals surface area contributed by atoms with Gasteiger partial charge in [0.15, 0.2) is 17.0 Å². The summed E-state index contributed by atoms with van der Waals surface area (Å²) in [6, 6.07) is 5.25. The number of aromatic nitrogens is 5. The number of halogens is 4. The fourth-order valence-electron chi connectivity index (χ4n) is 2.67. The summed E-state index contributed by atoms with van der Waals surface area (Å²) in [4.78, 5) is 17.2. The number of nitrogens with one attached hydrogen (secondary N) is 1. The number of nitrogens with zero attached hydrogens (tertiary/aromatic N) is 5. The largest absolute Gasteiger partial charge is 0.433 e. The van der Waals surface area contributed by atoms with Crippen LogP contribution in [-0.4, -0.2) is 30.3 Å². The lowest BCUT2D eigenvalue weighted by atomic mass is 10.2. The molecule has 29 heavy (non-hydrogen) atoms. The maximum Gasteiger partial charge on any atom is 0.433 e. The monoisotopic (exact) mass is 440 g/mol. The molecule has 0 atom stereocenters. The molecule has 1 N–H and O–H groups in total. The molecule has 12 heteroatoms. The molecular formula is C17H12ClF3N6OS. The summed E-state index contributed by atoms with van der Waals surface area (Å²) in [7, 11) is 1.70. The van der Waals surface area contributed by atoms with Crippen molar-refractivity contribution in [1.82, 2.24) is 24.4 Å². The average molecular weight is 441 g/mol. The molecule has 0 radical (unpaired) electrons. The Bertz CT molecular complexity index is 1240. The third-order valence-corrected chi connectivity index (χ3v) is 5.51. The highest BCUT2D eigenvalue weighted by Gasteiger charge is 2.36. The predicted octanol–water partition coefficient (Wildman–Crippen LogP) is 4.42. The summed E-state index contributed by atoms with van der Waals surface area (Å²) < 4.78 is 43.4. The third-order valence-electron chi connectivity index (χ3n) is 4.26. The number of alkyl halides is 3. The van der Waals surface area contributed by atoms with Gasteiger partial charge in [-0.1, -0.05) is 11.6 Å². The second-order valence-corrected chi connectivity index (χ2v) is 7.86. The van der Waals surface area contributed by atoms with Crippen molar-refractivity contribution < 1.29 is 18.0 Å². The van der Waals surface area contributed by atoms with Gasteiger partial charge in [0.1, 0.15) is 0 Å². The highest BCUT2D eigenvalue weighted by molar-refractivity contribution is 7.19. The lowest BCUT2D eigenvalue weighted by Gasteiger charge is -2.10. The Balaban J connectivity index is 1.79. The molecule has 4 aromatic rings. The molecule has 0 aliphatic carbocycles. The van der Waals surface area contributed by atoms with Crippen molar-refractivity contribution in [2.45, 2.75) is 13.1 Å². The van der Waals surface area contributed by atoms with Crippen LogP contribution in [0.1, 0.15) is 21.9 Å². The first-order chi connectivity index (χ1) is 13.6. The minimum atomic E-state index is -4.70. The molecular weight excluding hydrogens is 429 g/mol. The predicted molar refractivity (Wildman–Crippen MR) is 102 cm³/mol. The number of rotatable bonds is 3. The van der Waals surface area contributed by atoms with Gasteiger partial charge in [0.05, 0.1) is 32.5 Å². The van der Waals surface area contributed by atoms with Crippen LogP contribution in [0.25, 0.3) is 16.2 Å². The molecule has 0 saturated heterocycles. The van der Waals surface area contributed by atoms with E-state index in [-0.39, 0.29) is 17.0 Å². The van der Waals surface area contributed by atoms with Crippen molar-refractivity contribution in [1.29, 1.82) is 0 Å². The van der Waals surface area contributed by atoms with Gasteiger partial charge in [-0.3, -0.25) is 9.48 Å². The fourth-order valence-corrected chi connectivity index (χ4v) is 3.68. The van der Waals surface area contributed by atoms with Gasteiger partial charge in [0.2, 0.25) is 0 Å². The average Bonchev–Trinajstić information content (AvgIpc) is 3.34. The topological polar surface area (TPSA) is 77.1 Å². The van der Waals surface area contributed by atoms with Crippen molar-refractivity contribution in [3.8, 4) is 10.6 Å². The van der Waals surface area contributed by atoms with Crippen LogP contribution in [0.15, 0.2) is 30.5 Å². The first kappa shape index (κ1) is 19.4. The number of thiophene rings is 1. The van der Waals surface area contributed by atoms with Gasteiger partial charge >= 0.3 is 6.18 Å². The Morgan fingerprint density at radius 2 is 2.03 bits per heavy atom. The minimum Gasteiger partial charge on any atom is -0.318 e. The SMILES string of the molecule is Cc1c(NC(=O)c2cc3nc(-c4ccc(Cl)s4)cc(C(F)(F)F)n3n2)cnn1C. The van der Waals surface area contributed by atoms with E-state index < -0.39 is 17.8 Å². The molecule has 0 aliphatic rings. The van der Waals surface area contributed by atoms with Crippen molar-refractivity contribution in [3.05, 3.63) is 51.9 Å². The van der Waals surface area contributed by atoms with Crippen LogP contribution in [-0.2, 0) is 13.2 Å². The molecule has 4 rings (SSSR count). The molecule has 0 unspecified atom stereocenters. The summed E-state index contributed by atoms with van der Waals surface area (Å²) in [5.41, 5.74) is -0.129. The number of anilines is 1. The van der Waals surface area contributed by atoms with Crippen molar-refractivity contribution in [3.63, 3.8) is 0 Å². The van der Waals surface area contributed by atoms with E-state index in [1.54, 1.807) is 30.8 Å². The van der Waals surface area contributed by atoms with E-state index in [1.807, 2.05) is 0 Å². The Kier molecular flexibility index (Phi) is 4.58. The molecule has 4 heterocycles. The molecule has 0 bridgehead atoms. The first-order valence-corrected chi connectivity index (χ1v) is 9.36. The second kappa shape index (κ2) is 6.85. The van der Waals surface area contributed by atoms with Gasteiger partial charge < -0.3 is 5.32 Å². The number of aryl methyl sites for hydroxylation is 1. The minimum absolute atomic E-state index is 0.0942. The number of hydrogen-bond acceptors (Lipinski definition) is 5. The molecule has 150 valence electrons. The summed E-state index contributed by atoms with van der Waals surface area (Å²) in [6.07, 6.45) is -3.25. The van der Waals surface area contributed by atoms with Gasteiger partial charge in [-0.05, 0) is 25.1 Å². The zero-order valence-electron chi connectivity index (χ0n) is 15.0. The van der Waals surface area contributed by atoms with Crippen LogP contribution in [0.2, 0.25) is 4.34 Å². The first-order valence-electron chi connectivity index (χ1n) is 8.17. The molecule has 7 nitrogen and oxygen atoms in total. The van der Waals surface area contributed by atoms with Gasteiger partial charge in [-0.2, -0.15) is 23.4 Å². The molecule has 0 aromatic carbocycles. The van der Waals surface area contributed by atoms with Crippen molar-refractivity contribution in [2.75, 3.05) is 5.32 Å². The highest BCUT2D eigenvalue weighted by Crippen LogP contribution is 2.35. The van der Waals surface area contributed by atoms with Crippen molar-refractivity contribution >= 4 is 40.2 Å². The number of amides is 1. The van der Waals surface area contributed by atoms with Gasteiger partial charge in [-0.25, -0.2) is 9.50 Å². The Morgan fingerprint density at radius 1 is 1.28 bits per heavy atom. The molecule has 0 spiro atoms. The molecule has 0 saturated carbocycles. The van der Waals surface area contributed by atoms with E-state index in [4.69, 9.17) is 11.6 Å². The van der Waals surface area contributed by atoms with Gasteiger partial charge in [0.25, 0.3) is 5.91 Å². The standard InChI is InChI=1S/C17H12ClF3N6OS/c1-8-11(7-22-26(8)2)24-16(28)10-6-15-23-9(12-3-4-14(18)29-12)5-13(17(19,20)21)27(15)25-10/h3-7H,1-2H3,(H,24,28). The third kappa shape index (κ3) is 3.58. The lowest BCUT2D eigenvalue weighted by molar-refractivity contribution is -0.142. The highest BCUT2D eigenvalue weighted by atomic mass is 35.5. The van der Waals surface area contributed by atoms with Crippen LogP contribution in [0, 0.1) is 6.92 Å². The van der Waals surface area contributed by atoms with E-state index in [0.29, 0.717) is 25.1 Å². The van der Waals surface area contributed by atoms with E-state index in [0.717, 1.165) is 17.4 Å². The van der Waals surface area contributed by atoms with Crippen LogP contribution in [0.5, 0.6) is 0 Å². The zero-order valence-corrected chi connectivity index (χ0v) is 16.5. The Labute approximate surface area is 170 Å². The molecule has 1 amide bonds. The fraction of sp³-hybridized carbons (Fsp3) is 0.176. The molecule has 4 aromatic heterocycles. The normalized spacial score (nSPS) is 11.9. The quantitative estimate of drug-likeness (QED) is 0.511. The van der Waals surface area contributed by atoms with Crippen molar-refractivity contribution in [2.24, 2.45) is 7.05 Å². The summed E-state index contributed by atoms with van der Waals surface area (Å²) in [6.45, 7) is 1.74. The summed E-state index contributed by atoms with van der Waals surface area (Å²) in [5.74, 6) is -0.666. The van der Waals surface area contributed by atoms with Crippen LogP contribution in [0.4, 0.5) is 18.9 Å². The smallest absolute Gasteiger partial charge is 0.318 e. The number of hydrogen-bond donors (Lipinski definition) is 1. The van der Waals surface area contributed by atoms with Crippen LogP contribution >= 0.6 is 22.9 Å². The maximum absolute atomic E-state index is 13.6. The Hall–Kier alpha value is -2.92. The summed E-state index contributed by atoms with van der Waals surface area (Å²) in [5, 5.41) is 10.4. The zero-order chi connectivity index (χ0) is 20.9. The number of fused-ring (bicyclic) bond motifs is 1. The van der Waals surface area contributed by atoms with Gasteiger partial charge in [0, 0.05) is 13.1 Å². The Morgan fingerprint density at radius 3 is 2.62 bits per heavy atom. The number of carbonyl (C=O) groups excluding carboxylic acids is 1. The second-order valence-electron chi connectivity index (χ2n) is 6.15. The van der Waals surface area contributed by atoms with E-state index in [2.05, 4.69) is 20.5 Å². The van der Waals surface area contributed by atoms with Gasteiger partial charge in [-0.15, -0.1) is 11.3 Å². The van der Waals surface area contributed by atoms with E-state index in [1.165, 1.54) is 12.3 Å². The number of carbonyl (C=O) groups is 1. The van der Waals surface area contributed by atoms with E-state index >= 15 is 0 Å².